The van der Waals surface area contributed by atoms with E-state index in [9.17, 15) is 22.7 Å². The Morgan fingerprint density at radius 3 is 2.47 bits per heavy atom. The van der Waals surface area contributed by atoms with Gasteiger partial charge in [-0.1, -0.05) is 17.7 Å². The fraction of sp³-hybridized carbons (Fsp3) is 0.182. The van der Waals surface area contributed by atoms with Gasteiger partial charge in [0.25, 0.3) is 0 Å². The number of alkyl halides is 3. The minimum Gasteiger partial charge on any atom is -0.381 e. The maximum atomic E-state index is 13.4. The van der Waals surface area contributed by atoms with Gasteiger partial charge in [-0.05, 0) is 17.7 Å². The molecular weight excluding hydrogens is 306 g/mol. The van der Waals surface area contributed by atoms with Gasteiger partial charge in [-0.3, -0.25) is 0 Å². The molecule has 0 fully saturated rings. The Morgan fingerprint density at radius 2 is 2.00 bits per heavy atom. The Balaban J connectivity index is 2.35. The van der Waals surface area contributed by atoms with Crippen molar-refractivity contribution in [3.8, 4) is 0 Å². The average molecular weight is 312 g/mol. The lowest BCUT2D eigenvalue weighted by Gasteiger charge is -2.12. The van der Waals surface area contributed by atoms with Crippen molar-refractivity contribution in [2.24, 2.45) is 0 Å². The van der Waals surface area contributed by atoms with Gasteiger partial charge in [0, 0.05) is 0 Å². The molecule has 0 aliphatic rings. The van der Waals surface area contributed by atoms with Gasteiger partial charge in [0.1, 0.15) is 21.3 Å². The van der Waals surface area contributed by atoms with Gasteiger partial charge in [0.2, 0.25) is 0 Å². The molecule has 0 saturated carbocycles. The van der Waals surface area contributed by atoms with Crippen molar-refractivity contribution < 1.29 is 22.7 Å². The summed E-state index contributed by atoms with van der Waals surface area (Å²) in [6.07, 6.45) is -4.78. The second-order valence-electron chi connectivity index (χ2n) is 3.64. The number of halogens is 5. The van der Waals surface area contributed by atoms with Crippen molar-refractivity contribution in [3.63, 3.8) is 0 Å². The summed E-state index contributed by atoms with van der Waals surface area (Å²) < 4.78 is 50.8. The summed E-state index contributed by atoms with van der Waals surface area (Å²) in [5, 5.41) is 10.0. The Labute approximate surface area is 114 Å². The van der Waals surface area contributed by atoms with Crippen molar-refractivity contribution in [1.82, 2.24) is 4.98 Å². The lowest BCUT2D eigenvalue weighted by atomic mass is 10.1. The van der Waals surface area contributed by atoms with Crippen LogP contribution in [0, 0.1) is 5.82 Å². The van der Waals surface area contributed by atoms with E-state index in [-0.39, 0.29) is 10.6 Å². The van der Waals surface area contributed by atoms with E-state index >= 15 is 0 Å². The summed E-state index contributed by atoms with van der Waals surface area (Å²) in [7, 11) is 0. The quantitative estimate of drug-likeness (QED) is 0.849. The predicted octanol–water partition coefficient (Wildman–Crippen LogP) is 4.04. The third-order valence-corrected chi connectivity index (χ3v) is 3.51. The second-order valence-corrected chi connectivity index (χ2v) is 5.34. The average Bonchev–Trinajstić information content (AvgIpc) is 2.73. The van der Waals surface area contributed by atoms with Crippen molar-refractivity contribution in [2.45, 2.75) is 12.3 Å². The van der Waals surface area contributed by atoms with Crippen LogP contribution in [0.1, 0.15) is 22.2 Å². The molecule has 0 bridgehead atoms. The molecule has 1 atom stereocenters. The van der Waals surface area contributed by atoms with Crippen LogP contribution in [-0.2, 0) is 6.18 Å². The number of rotatable bonds is 2. The molecule has 1 aromatic carbocycles. The van der Waals surface area contributed by atoms with Crippen LogP contribution in [0.3, 0.4) is 0 Å². The lowest BCUT2D eigenvalue weighted by Crippen LogP contribution is -2.09. The molecule has 0 spiro atoms. The SMILES string of the molecule is OC(c1ccc(C(F)(F)F)c(F)c1)c1ncc(Cl)s1. The molecule has 1 aromatic heterocycles. The predicted molar refractivity (Wildman–Crippen MR) is 62.6 cm³/mol. The highest BCUT2D eigenvalue weighted by Crippen LogP contribution is 2.34. The summed E-state index contributed by atoms with van der Waals surface area (Å²) in [6.45, 7) is 0. The minimum atomic E-state index is -4.77. The van der Waals surface area contributed by atoms with Crippen LogP contribution >= 0.6 is 22.9 Å². The maximum Gasteiger partial charge on any atom is 0.419 e. The molecule has 2 rings (SSSR count). The molecule has 1 N–H and O–H groups in total. The van der Waals surface area contributed by atoms with E-state index in [1.165, 1.54) is 6.20 Å². The molecule has 0 aliphatic carbocycles. The number of aliphatic hydroxyl groups is 1. The van der Waals surface area contributed by atoms with Crippen molar-refractivity contribution in [3.05, 3.63) is 50.7 Å². The first kappa shape index (κ1) is 14.2. The van der Waals surface area contributed by atoms with Gasteiger partial charge < -0.3 is 5.11 Å². The summed E-state index contributed by atoms with van der Waals surface area (Å²) in [6, 6.07) is 2.23. The normalized spacial score (nSPS) is 13.6. The largest absolute Gasteiger partial charge is 0.419 e. The summed E-state index contributed by atoms with van der Waals surface area (Å²) in [5.74, 6) is -1.44. The first-order chi connectivity index (χ1) is 8.79. The molecule has 8 heteroatoms. The van der Waals surface area contributed by atoms with Gasteiger partial charge in [-0.2, -0.15) is 13.2 Å². The highest BCUT2D eigenvalue weighted by atomic mass is 35.5. The summed E-state index contributed by atoms with van der Waals surface area (Å²) in [4.78, 5) is 3.78. The first-order valence-corrected chi connectivity index (χ1v) is 6.14. The van der Waals surface area contributed by atoms with Crippen LogP contribution < -0.4 is 0 Å². The Morgan fingerprint density at radius 1 is 1.32 bits per heavy atom. The zero-order chi connectivity index (χ0) is 14.2. The third-order valence-electron chi connectivity index (χ3n) is 2.34. The minimum absolute atomic E-state index is 0.0171. The molecular formula is C11H6ClF4NOS. The van der Waals surface area contributed by atoms with E-state index in [4.69, 9.17) is 11.6 Å². The lowest BCUT2D eigenvalue weighted by molar-refractivity contribution is -0.140. The van der Waals surface area contributed by atoms with E-state index in [0.29, 0.717) is 16.5 Å². The molecule has 0 saturated heterocycles. The molecule has 19 heavy (non-hydrogen) atoms. The topological polar surface area (TPSA) is 33.1 Å². The number of aromatic nitrogens is 1. The van der Waals surface area contributed by atoms with Crippen molar-refractivity contribution in [2.75, 3.05) is 0 Å². The first-order valence-electron chi connectivity index (χ1n) is 4.95. The van der Waals surface area contributed by atoms with Crippen LogP contribution in [0.5, 0.6) is 0 Å². The van der Waals surface area contributed by atoms with Crippen LogP contribution in [0.4, 0.5) is 17.6 Å². The van der Waals surface area contributed by atoms with E-state index < -0.39 is 23.7 Å². The molecule has 0 amide bonds. The Hall–Kier alpha value is -1.18. The van der Waals surface area contributed by atoms with Gasteiger partial charge in [-0.15, -0.1) is 11.3 Å². The number of benzene rings is 1. The number of thiazole rings is 1. The number of hydrogen-bond donors (Lipinski definition) is 1. The molecule has 2 nitrogen and oxygen atoms in total. The monoisotopic (exact) mass is 311 g/mol. The van der Waals surface area contributed by atoms with Crippen molar-refractivity contribution >= 4 is 22.9 Å². The Bertz CT molecular complexity index is 599. The number of nitrogens with zero attached hydrogens (tertiary/aromatic N) is 1. The van der Waals surface area contributed by atoms with Gasteiger partial charge in [0.05, 0.1) is 11.8 Å². The van der Waals surface area contributed by atoms with Gasteiger partial charge >= 0.3 is 6.18 Å². The molecule has 0 radical (unpaired) electrons. The van der Waals surface area contributed by atoms with Crippen LogP contribution in [0.15, 0.2) is 24.4 Å². The standard InChI is InChI=1S/C11H6ClF4NOS/c12-8-4-17-10(19-8)9(18)5-1-2-6(7(13)3-5)11(14,15)16/h1-4,9,18H. The maximum absolute atomic E-state index is 13.4. The molecule has 1 unspecified atom stereocenters. The second kappa shape index (κ2) is 5.07. The molecule has 1 heterocycles. The van der Waals surface area contributed by atoms with E-state index in [1.54, 1.807) is 0 Å². The van der Waals surface area contributed by atoms with E-state index in [0.717, 1.165) is 17.4 Å². The van der Waals surface area contributed by atoms with Crippen LogP contribution in [0.2, 0.25) is 4.34 Å². The fourth-order valence-corrected chi connectivity index (χ4v) is 2.41. The van der Waals surface area contributed by atoms with Crippen LogP contribution in [0.25, 0.3) is 0 Å². The highest BCUT2D eigenvalue weighted by Gasteiger charge is 2.34. The number of aliphatic hydroxyl groups excluding tert-OH is 1. The van der Waals surface area contributed by atoms with E-state index in [2.05, 4.69) is 4.98 Å². The van der Waals surface area contributed by atoms with Crippen LogP contribution in [-0.4, -0.2) is 10.1 Å². The summed E-state index contributed by atoms with van der Waals surface area (Å²) in [5.41, 5.74) is -1.39. The van der Waals surface area contributed by atoms with Gasteiger partial charge in [-0.25, -0.2) is 9.37 Å². The molecule has 2 aromatic rings. The smallest absolute Gasteiger partial charge is 0.381 e. The number of hydrogen-bond acceptors (Lipinski definition) is 3. The zero-order valence-electron chi connectivity index (χ0n) is 9.08. The summed E-state index contributed by atoms with van der Waals surface area (Å²) >= 11 is 6.60. The highest BCUT2D eigenvalue weighted by molar-refractivity contribution is 7.15. The molecule has 0 aliphatic heterocycles. The fourth-order valence-electron chi connectivity index (χ4n) is 1.47. The van der Waals surface area contributed by atoms with Gasteiger partial charge in [0.15, 0.2) is 0 Å². The van der Waals surface area contributed by atoms with E-state index in [1.807, 2.05) is 0 Å². The third kappa shape index (κ3) is 3.05. The molecule has 102 valence electrons. The van der Waals surface area contributed by atoms with Crippen molar-refractivity contribution in [1.29, 1.82) is 0 Å². The Kier molecular flexibility index (Phi) is 3.80. The zero-order valence-corrected chi connectivity index (χ0v) is 10.7.